The summed E-state index contributed by atoms with van der Waals surface area (Å²) in [4.78, 5) is 33.8. The maximum absolute atomic E-state index is 11.9. The van der Waals surface area contributed by atoms with Crippen molar-refractivity contribution < 1.29 is 24.6 Å². The predicted octanol–water partition coefficient (Wildman–Crippen LogP) is 1.04. The molecule has 5 heteroatoms. The van der Waals surface area contributed by atoms with Crippen LogP contribution in [-0.2, 0) is 9.59 Å². The van der Waals surface area contributed by atoms with Gasteiger partial charge >= 0.3 is 11.9 Å². The van der Waals surface area contributed by atoms with Crippen LogP contribution in [0.3, 0.4) is 0 Å². The monoisotopic (exact) mass is 234 g/mol. The summed E-state index contributed by atoms with van der Waals surface area (Å²) in [6.07, 6.45) is -0.134. The van der Waals surface area contributed by atoms with Gasteiger partial charge in [-0.25, -0.2) is 0 Å². The third-order valence-electron chi connectivity index (χ3n) is 3.10. The molecule has 0 amide bonds. The molecule has 0 heterocycles. The molecule has 0 saturated heterocycles. The Hall–Kier alpha value is -2.17. The first-order valence-electron chi connectivity index (χ1n) is 5.06. The third-order valence-corrected chi connectivity index (χ3v) is 3.10. The van der Waals surface area contributed by atoms with E-state index < -0.39 is 29.1 Å². The van der Waals surface area contributed by atoms with Crippen molar-refractivity contribution in [3.05, 3.63) is 35.9 Å². The Labute approximate surface area is 96.7 Å². The number of rotatable bonds is 4. The number of carboxylic acids is 2. The molecule has 1 unspecified atom stereocenters. The van der Waals surface area contributed by atoms with E-state index in [9.17, 15) is 14.4 Å². The zero-order valence-electron chi connectivity index (χ0n) is 8.79. The van der Waals surface area contributed by atoms with E-state index in [-0.39, 0.29) is 6.42 Å². The van der Waals surface area contributed by atoms with Crippen LogP contribution in [0.4, 0.5) is 0 Å². The molecule has 1 aliphatic rings. The van der Waals surface area contributed by atoms with Gasteiger partial charge in [-0.2, -0.15) is 0 Å². The Bertz CT molecular complexity index is 477. The van der Waals surface area contributed by atoms with Crippen LogP contribution in [-0.4, -0.2) is 27.9 Å². The molecular formula is C12H10O5. The number of benzene rings is 1. The van der Waals surface area contributed by atoms with Crippen molar-refractivity contribution in [2.24, 2.45) is 11.3 Å². The van der Waals surface area contributed by atoms with Gasteiger partial charge in [0.15, 0.2) is 11.2 Å². The Morgan fingerprint density at radius 1 is 1.06 bits per heavy atom. The highest BCUT2D eigenvalue weighted by Crippen LogP contribution is 2.54. The number of carbonyl (C=O) groups is 3. The van der Waals surface area contributed by atoms with E-state index in [2.05, 4.69) is 0 Å². The summed E-state index contributed by atoms with van der Waals surface area (Å²) in [6, 6.07) is 8.13. The van der Waals surface area contributed by atoms with E-state index in [0.717, 1.165) is 0 Å². The lowest BCUT2D eigenvalue weighted by molar-refractivity contribution is -0.157. The first kappa shape index (κ1) is 11.3. The van der Waals surface area contributed by atoms with Crippen LogP contribution in [0.25, 0.3) is 0 Å². The van der Waals surface area contributed by atoms with Crippen LogP contribution in [0, 0.1) is 11.3 Å². The van der Waals surface area contributed by atoms with Crippen LogP contribution < -0.4 is 0 Å². The number of hydrogen-bond donors (Lipinski definition) is 2. The van der Waals surface area contributed by atoms with Gasteiger partial charge in [0.1, 0.15) is 0 Å². The first-order valence-corrected chi connectivity index (χ1v) is 5.06. The van der Waals surface area contributed by atoms with E-state index in [4.69, 9.17) is 10.2 Å². The van der Waals surface area contributed by atoms with Gasteiger partial charge in [-0.3, -0.25) is 14.4 Å². The van der Waals surface area contributed by atoms with E-state index in [1.54, 1.807) is 30.3 Å². The second-order valence-corrected chi connectivity index (χ2v) is 4.07. The number of carbonyl (C=O) groups excluding carboxylic acids is 1. The molecule has 1 atom stereocenters. The van der Waals surface area contributed by atoms with Crippen molar-refractivity contribution in [1.29, 1.82) is 0 Å². The lowest BCUT2D eigenvalue weighted by Crippen LogP contribution is -2.29. The van der Waals surface area contributed by atoms with E-state index >= 15 is 0 Å². The number of ketones is 1. The molecule has 17 heavy (non-hydrogen) atoms. The fourth-order valence-electron chi connectivity index (χ4n) is 1.95. The lowest BCUT2D eigenvalue weighted by atomic mass is 9.98. The van der Waals surface area contributed by atoms with Crippen molar-refractivity contribution in [3.8, 4) is 0 Å². The smallest absolute Gasteiger partial charge is 0.321 e. The van der Waals surface area contributed by atoms with Crippen molar-refractivity contribution in [1.82, 2.24) is 0 Å². The molecule has 88 valence electrons. The Balaban J connectivity index is 2.26. The van der Waals surface area contributed by atoms with Gasteiger partial charge in [-0.15, -0.1) is 0 Å². The maximum Gasteiger partial charge on any atom is 0.321 e. The molecule has 2 N–H and O–H groups in total. The topological polar surface area (TPSA) is 91.7 Å². The van der Waals surface area contributed by atoms with Gasteiger partial charge in [0.05, 0.1) is 5.92 Å². The lowest BCUT2D eigenvalue weighted by Gasteiger charge is -2.05. The largest absolute Gasteiger partial charge is 0.480 e. The van der Waals surface area contributed by atoms with Gasteiger partial charge in [-0.05, 0) is 6.42 Å². The van der Waals surface area contributed by atoms with Crippen LogP contribution in [0.2, 0.25) is 0 Å². The number of Topliss-reactive ketones (excluding diaryl/α,β-unsaturated/α-hetero) is 1. The summed E-state index contributed by atoms with van der Waals surface area (Å²) >= 11 is 0. The molecule has 0 spiro atoms. The molecule has 0 bridgehead atoms. The normalized spacial score (nSPS) is 20.6. The highest BCUT2D eigenvalue weighted by atomic mass is 16.4. The highest BCUT2D eigenvalue weighted by Gasteiger charge is 2.69. The molecule has 1 aromatic carbocycles. The Morgan fingerprint density at radius 2 is 1.59 bits per heavy atom. The predicted molar refractivity (Wildman–Crippen MR) is 56.6 cm³/mol. The summed E-state index contributed by atoms with van der Waals surface area (Å²) in [7, 11) is 0. The standard InChI is InChI=1S/C12H10O5/c13-9(7-4-2-1-3-5-7)8-6-12(8,10(14)15)11(16)17/h1-5,8H,6H2,(H,14,15)(H,16,17). The molecule has 1 saturated carbocycles. The van der Waals surface area contributed by atoms with Gasteiger partial charge in [-0.1, -0.05) is 30.3 Å². The van der Waals surface area contributed by atoms with E-state index in [0.29, 0.717) is 5.56 Å². The third kappa shape index (κ3) is 1.60. The second-order valence-electron chi connectivity index (χ2n) is 4.07. The van der Waals surface area contributed by atoms with Gasteiger partial charge in [0.2, 0.25) is 0 Å². The van der Waals surface area contributed by atoms with E-state index in [1.807, 2.05) is 0 Å². The fraction of sp³-hybridized carbons (Fsp3) is 0.250. The van der Waals surface area contributed by atoms with Gasteiger partial charge in [0, 0.05) is 5.56 Å². The summed E-state index contributed by atoms with van der Waals surface area (Å²) in [5.74, 6) is -4.27. The quantitative estimate of drug-likeness (QED) is 0.600. The summed E-state index contributed by atoms with van der Waals surface area (Å²) < 4.78 is 0. The van der Waals surface area contributed by atoms with Crippen molar-refractivity contribution in [2.45, 2.75) is 6.42 Å². The minimum absolute atomic E-state index is 0.134. The number of carboxylic acid groups (broad SMARTS) is 2. The molecule has 2 rings (SSSR count). The van der Waals surface area contributed by atoms with Crippen LogP contribution >= 0.6 is 0 Å². The molecule has 1 aliphatic carbocycles. The summed E-state index contributed by atoms with van der Waals surface area (Å²) in [5, 5.41) is 17.8. The minimum Gasteiger partial charge on any atom is -0.480 e. The summed E-state index contributed by atoms with van der Waals surface area (Å²) in [6.45, 7) is 0. The van der Waals surface area contributed by atoms with Crippen molar-refractivity contribution in [3.63, 3.8) is 0 Å². The fourth-order valence-corrected chi connectivity index (χ4v) is 1.95. The molecule has 0 aliphatic heterocycles. The van der Waals surface area contributed by atoms with Crippen LogP contribution in [0.1, 0.15) is 16.8 Å². The maximum atomic E-state index is 11.9. The summed E-state index contributed by atoms with van der Waals surface area (Å²) in [5.41, 5.74) is -1.57. The van der Waals surface area contributed by atoms with Crippen molar-refractivity contribution >= 4 is 17.7 Å². The van der Waals surface area contributed by atoms with Crippen LogP contribution in [0.5, 0.6) is 0 Å². The zero-order chi connectivity index (χ0) is 12.6. The Kier molecular flexibility index (Phi) is 2.46. The number of aliphatic carboxylic acids is 2. The SMILES string of the molecule is O=C(c1ccccc1)C1CC1(C(=O)O)C(=O)O. The molecule has 1 aromatic rings. The van der Waals surface area contributed by atoms with Gasteiger partial charge < -0.3 is 10.2 Å². The highest BCUT2D eigenvalue weighted by molar-refractivity contribution is 6.13. The molecule has 0 radical (unpaired) electrons. The molecule has 1 fully saturated rings. The minimum atomic E-state index is -1.92. The number of hydrogen-bond acceptors (Lipinski definition) is 3. The van der Waals surface area contributed by atoms with Gasteiger partial charge in [0.25, 0.3) is 0 Å². The Morgan fingerprint density at radius 3 is 2.00 bits per heavy atom. The molecule has 0 aromatic heterocycles. The zero-order valence-corrected chi connectivity index (χ0v) is 8.79. The molecule has 5 nitrogen and oxygen atoms in total. The van der Waals surface area contributed by atoms with Crippen LogP contribution in [0.15, 0.2) is 30.3 Å². The first-order chi connectivity index (χ1) is 8.00. The van der Waals surface area contributed by atoms with Crippen molar-refractivity contribution in [2.75, 3.05) is 0 Å². The molecular weight excluding hydrogens is 224 g/mol. The van der Waals surface area contributed by atoms with E-state index in [1.165, 1.54) is 0 Å². The second kappa shape index (κ2) is 3.69. The average molecular weight is 234 g/mol. The average Bonchev–Trinajstić information content (AvgIpc) is 3.06.